The van der Waals surface area contributed by atoms with Gasteiger partial charge in [0, 0.05) is 0 Å². The second-order valence-electron chi connectivity index (χ2n) is 10.0. The van der Waals surface area contributed by atoms with Gasteiger partial charge >= 0.3 is 0 Å². The van der Waals surface area contributed by atoms with E-state index in [1.54, 1.807) is 0 Å². The van der Waals surface area contributed by atoms with Crippen molar-refractivity contribution >= 4 is 18.2 Å². The second kappa shape index (κ2) is 5.83. The smallest absolute Gasteiger partial charge is 0.00493 e. The fourth-order valence-corrected chi connectivity index (χ4v) is 4.40. The summed E-state index contributed by atoms with van der Waals surface area (Å²) in [5.74, 6) is 0. The summed E-state index contributed by atoms with van der Waals surface area (Å²) in [6.07, 6.45) is 5.85. The Morgan fingerprint density at radius 2 is 1.48 bits per heavy atom. The van der Waals surface area contributed by atoms with Crippen molar-refractivity contribution in [1.82, 2.24) is 0 Å². The van der Waals surface area contributed by atoms with Crippen LogP contribution in [0.15, 0.2) is 53.6 Å². The van der Waals surface area contributed by atoms with Gasteiger partial charge in [-0.2, -0.15) is 0 Å². The van der Waals surface area contributed by atoms with Crippen LogP contribution in [0.2, 0.25) is 0 Å². The zero-order valence-corrected chi connectivity index (χ0v) is 17.5. The van der Waals surface area contributed by atoms with Crippen LogP contribution in [-0.4, -0.2) is 0 Å². The third-order valence-electron chi connectivity index (χ3n) is 5.97. The summed E-state index contributed by atoms with van der Waals surface area (Å²) in [5, 5.41) is 5.14. The van der Waals surface area contributed by atoms with Crippen LogP contribution in [0.5, 0.6) is 0 Å². The molecule has 0 atom stereocenters. The monoisotopic (exact) mass is 354 g/mol. The van der Waals surface area contributed by atoms with Crippen LogP contribution in [0, 0.1) is 21.3 Å². The van der Waals surface area contributed by atoms with Gasteiger partial charge in [0.25, 0.3) is 0 Å². The molecule has 0 heterocycles. The van der Waals surface area contributed by atoms with E-state index in [9.17, 15) is 0 Å². The number of rotatable bonds is 1. The first-order chi connectivity index (χ1) is 12.6. The van der Waals surface area contributed by atoms with Gasteiger partial charge in [0.1, 0.15) is 0 Å². The molecule has 0 nitrogen and oxygen atoms in total. The summed E-state index contributed by atoms with van der Waals surface area (Å²) in [7, 11) is 0. The van der Waals surface area contributed by atoms with Gasteiger partial charge in [-0.3, -0.25) is 0 Å². The lowest BCUT2D eigenvalue weighted by Gasteiger charge is -2.23. The van der Waals surface area contributed by atoms with Crippen LogP contribution in [0.4, 0.5) is 0 Å². The Hall–Kier alpha value is -2.34. The first-order valence-corrected chi connectivity index (χ1v) is 9.95. The SMILES string of the molecule is C=c1ccc2c(c1C1=C(C(C)(C)C)C=C(C(C)(C)C)C1)C=c1ccccc1=2. The molecule has 0 fully saturated rings. The first kappa shape index (κ1) is 18.0. The normalized spacial score (nSPS) is 16.1. The Labute approximate surface area is 163 Å². The lowest BCUT2D eigenvalue weighted by molar-refractivity contribution is 0.494. The Balaban J connectivity index is 2.03. The molecule has 0 aliphatic heterocycles. The second-order valence-corrected chi connectivity index (χ2v) is 10.0. The van der Waals surface area contributed by atoms with E-state index in [0.717, 1.165) is 11.6 Å². The topological polar surface area (TPSA) is 0 Å². The average molecular weight is 355 g/mol. The minimum absolute atomic E-state index is 0.114. The summed E-state index contributed by atoms with van der Waals surface area (Å²) in [4.78, 5) is 0. The molecule has 0 amide bonds. The van der Waals surface area contributed by atoms with E-state index in [-0.39, 0.29) is 10.8 Å². The Morgan fingerprint density at radius 1 is 0.778 bits per heavy atom. The third kappa shape index (κ3) is 2.92. The molecule has 0 aromatic heterocycles. The van der Waals surface area contributed by atoms with E-state index in [0.29, 0.717) is 0 Å². The van der Waals surface area contributed by atoms with Gasteiger partial charge in [0.15, 0.2) is 0 Å². The predicted octanol–water partition coefficient (Wildman–Crippen LogP) is 5.70. The fraction of sp³-hybridized carbons (Fsp3) is 0.333. The standard InChI is InChI=1S/C27H30/c1-17-12-13-21-20-11-9-8-10-18(20)14-22(21)25(17)23-15-19(26(2,3)4)16-24(23)27(5,6)7/h8-14,16H,1,15H2,2-7H3. The summed E-state index contributed by atoms with van der Waals surface area (Å²) in [5.41, 5.74) is 7.46. The average Bonchev–Trinajstić information content (AvgIpc) is 3.15. The number of hydrogen-bond donors (Lipinski definition) is 0. The van der Waals surface area contributed by atoms with Gasteiger partial charge in [0.05, 0.1) is 0 Å². The van der Waals surface area contributed by atoms with Crippen molar-refractivity contribution in [2.24, 2.45) is 10.8 Å². The Kier molecular flexibility index (Phi) is 3.89. The van der Waals surface area contributed by atoms with Gasteiger partial charge < -0.3 is 0 Å². The molecule has 2 aromatic rings. The van der Waals surface area contributed by atoms with Gasteiger partial charge in [-0.05, 0) is 66.5 Å². The molecular formula is C27H30. The van der Waals surface area contributed by atoms with Crippen molar-refractivity contribution < 1.29 is 0 Å². The Bertz CT molecular complexity index is 1200. The summed E-state index contributed by atoms with van der Waals surface area (Å²) >= 11 is 0. The number of benzene rings is 2. The van der Waals surface area contributed by atoms with Crippen molar-refractivity contribution in [1.29, 1.82) is 0 Å². The Morgan fingerprint density at radius 3 is 2.15 bits per heavy atom. The highest BCUT2D eigenvalue weighted by Crippen LogP contribution is 2.47. The molecule has 0 N–H and O–H groups in total. The largest absolute Gasteiger partial charge is 0.0911 e. The summed E-state index contributed by atoms with van der Waals surface area (Å²) < 4.78 is 0. The maximum absolute atomic E-state index is 4.43. The van der Waals surface area contributed by atoms with Gasteiger partial charge in [0.2, 0.25) is 0 Å². The van der Waals surface area contributed by atoms with Crippen LogP contribution < -0.4 is 10.4 Å². The van der Waals surface area contributed by atoms with E-state index >= 15 is 0 Å². The van der Waals surface area contributed by atoms with Crippen LogP contribution >= 0.6 is 0 Å². The molecule has 2 aliphatic rings. The number of fused-ring (bicyclic) bond motifs is 2. The third-order valence-corrected chi connectivity index (χ3v) is 5.97. The van der Waals surface area contributed by atoms with Crippen molar-refractivity contribution in [3.05, 3.63) is 85.6 Å². The molecule has 0 saturated carbocycles. The maximum Gasteiger partial charge on any atom is -0.00493 e. The molecule has 0 radical (unpaired) electrons. The maximum atomic E-state index is 4.43. The molecule has 0 bridgehead atoms. The van der Waals surface area contributed by atoms with Crippen molar-refractivity contribution in [3.8, 4) is 0 Å². The summed E-state index contributed by atoms with van der Waals surface area (Å²) in [6.45, 7) is 18.4. The highest BCUT2D eigenvalue weighted by atomic mass is 14.4. The minimum Gasteiger partial charge on any atom is -0.0911 e. The van der Waals surface area contributed by atoms with Gasteiger partial charge in [-0.25, -0.2) is 0 Å². The van der Waals surface area contributed by atoms with E-state index in [2.05, 4.69) is 96.7 Å². The van der Waals surface area contributed by atoms with Crippen LogP contribution in [0.3, 0.4) is 0 Å². The minimum atomic E-state index is 0.114. The first-order valence-electron chi connectivity index (χ1n) is 9.95. The zero-order valence-electron chi connectivity index (χ0n) is 17.5. The molecule has 0 unspecified atom stereocenters. The molecule has 0 heteroatoms. The van der Waals surface area contributed by atoms with Crippen molar-refractivity contribution in [2.75, 3.05) is 0 Å². The molecule has 27 heavy (non-hydrogen) atoms. The zero-order chi connectivity index (χ0) is 19.6. The lowest BCUT2D eigenvalue weighted by atomic mass is 9.81. The summed E-state index contributed by atoms with van der Waals surface area (Å²) in [6, 6.07) is 13.2. The van der Waals surface area contributed by atoms with Gasteiger partial charge in [-0.15, -0.1) is 0 Å². The molecule has 138 valence electrons. The molecule has 2 aliphatic carbocycles. The van der Waals surface area contributed by atoms with Gasteiger partial charge in [-0.1, -0.05) is 96.2 Å². The van der Waals surface area contributed by atoms with Crippen LogP contribution in [-0.2, 0) is 0 Å². The van der Waals surface area contributed by atoms with Crippen molar-refractivity contribution in [2.45, 2.75) is 48.0 Å². The molecular weight excluding hydrogens is 324 g/mol. The van der Waals surface area contributed by atoms with E-state index in [1.165, 1.54) is 43.5 Å². The van der Waals surface area contributed by atoms with E-state index < -0.39 is 0 Å². The highest BCUT2D eigenvalue weighted by molar-refractivity contribution is 5.83. The van der Waals surface area contributed by atoms with E-state index in [4.69, 9.17) is 0 Å². The number of hydrogen-bond acceptors (Lipinski definition) is 0. The van der Waals surface area contributed by atoms with E-state index in [1.807, 2.05) is 0 Å². The number of allylic oxidation sites excluding steroid dienone is 4. The van der Waals surface area contributed by atoms with Crippen molar-refractivity contribution in [3.63, 3.8) is 0 Å². The quantitative estimate of drug-likeness (QED) is 0.526. The molecule has 0 spiro atoms. The molecule has 4 rings (SSSR count). The van der Waals surface area contributed by atoms with Crippen LogP contribution in [0.1, 0.15) is 59.1 Å². The molecule has 2 aromatic carbocycles. The predicted molar refractivity (Wildman–Crippen MR) is 117 cm³/mol. The lowest BCUT2D eigenvalue weighted by Crippen LogP contribution is -2.14. The highest BCUT2D eigenvalue weighted by Gasteiger charge is 2.31. The van der Waals surface area contributed by atoms with Crippen LogP contribution in [0.25, 0.3) is 18.2 Å². The molecule has 0 saturated heterocycles. The fourth-order valence-electron chi connectivity index (χ4n) is 4.40.